The van der Waals surface area contributed by atoms with Gasteiger partial charge in [0, 0.05) is 44.7 Å². The molecule has 2 aromatic carbocycles. The number of sulfonamides is 1. The molecule has 1 fully saturated rings. The summed E-state index contributed by atoms with van der Waals surface area (Å²) in [5, 5.41) is 6.20. The van der Waals surface area contributed by atoms with Crippen molar-refractivity contribution in [2.75, 3.05) is 31.6 Å². The van der Waals surface area contributed by atoms with E-state index in [2.05, 4.69) is 15.6 Å². The number of morpholine rings is 1. The van der Waals surface area contributed by atoms with Gasteiger partial charge in [-0.15, -0.1) is 0 Å². The molecule has 9 nitrogen and oxygen atoms in total. The molecule has 2 aliphatic rings. The molecule has 0 radical (unpaired) electrons. The first kappa shape index (κ1) is 21.8. The number of carbonyl (C=O) groups excluding carboxylic acids is 1. The molecule has 0 unspecified atom stereocenters. The zero-order valence-electron chi connectivity index (χ0n) is 18.8. The fourth-order valence-corrected chi connectivity index (χ4v) is 5.95. The smallest absolute Gasteiger partial charge is 0.251 e. The lowest BCUT2D eigenvalue weighted by atomic mass is 10.0. The van der Waals surface area contributed by atoms with E-state index >= 15 is 0 Å². The van der Waals surface area contributed by atoms with Crippen molar-refractivity contribution in [3.05, 3.63) is 78.1 Å². The van der Waals surface area contributed by atoms with Crippen LogP contribution in [0.25, 0.3) is 16.9 Å². The van der Waals surface area contributed by atoms with E-state index in [9.17, 15) is 13.2 Å². The van der Waals surface area contributed by atoms with Gasteiger partial charge in [-0.25, -0.2) is 13.4 Å². The van der Waals surface area contributed by atoms with Crippen molar-refractivity contribution in [2.24, 2.45) is 0 Å². The van der Waals surface area contributed by atoms with Crippen molar-refractivity contribution in [1.82, 2.24) is 19.0 Å². The second-order valence-corrected chi connectivity index (χ2v) is 10.4. The number of pyridine rings is 1. The normalized spacial score (nSPS) is 16.3. The number of imidazole rings is 1. The predicted octanol–water partition coefficient (Wildman–Crippen LogP) is 3.26. The van der Waals surface area contributed by atoms with Gasteiger partial charge in [-0.2, -0.15) is 4.31 Å². The van der Waals surface area contributed by atoms with E-state index in [4.69, 9.17) is 4.74 Å². The molecule has 0 atom stereocenters. The van der Waals surface area contributed by atoms with Gasteiger partial charge in [0.15, 0.2) is 5.65 Å². The Labute approximate surface area is 203 Å². The van der Waals surface area contributed by atoms with Gasteiger partial charge in [-0.3, -0.25) is 9.20 Å². The number of hydrogen-bond donors (Lipinski definition) is 2. The van der Waals surface area contributed by atoms with Crippen LogP contribution in [-0.4, -0.2) is 54.3 Å². The second-order valence-electron chi connectivity index (χ2n) is 8.47. The summed E-state index contributed by atoms with van der Waals surface area (Å²) in [6.45, 7) is 2.09. The molecule has 1 saturated heterocycles. The number of hydrogen-bond acceptors (Lipinski definition) is 6. The van der Waals surface area contributed by atoms with Gasteiger partial charge in [0.1, 0.15) is 0 Å². The first-order valence-electron chi connectivity index (χ1n) is 11.3. The van der Waals surface area contributed by atoms with Gasteiger partial charge >= 0.3 is 0 Å². The van der Waals surface area contributed by atoms with Crippen LogP contribution in [0.2, 0.25) is 0 Å². The van der Waals surface area contributed by atoms with E-state index in [1.54, 1.807) is 30.5 Å². The SMILES string of the molecule is O=C1NCc2cc(-c3ccc(Nc4ccc(S(=O)(=O)N5CCOCC5)cc4)c4nccn34)ccc21.[HH]. The average molecular weight is 492 g/mol. The molecule has 0 aliphatic carbocycles. The highest BCUT2D eigenvalue weighted by Crippen LogP contribution is 2.30. The van der Waals surface area contributed by atoms with E-state index in [1.807, 2.05) is 40.9 Å². The lowest BCUT2D eigenvalue weighted by Gasteiger charge is -2.26. The molecule has 0 bridgehead atoms. The summed E-state index contributed by atoms with van der Waals surface area (Å²) in [6, 6.07) is 16.5. The van der Waals surface area contributed by atoms with E-state index < -0.39 is 10.0 Å². The molecule has 2 aliphatic heterocycles. The second kappa shape index (κ2) is 8.49. The number of nitrogens with zero attached hydrogens (tertiary/aromatic N) is 3. The number of ether oxygens (including phenoxy) is 1. The molecule has 6 rings (SSSR count). The van der Waals surface area contributed by atoms with Crippen LogP contribution in [0.4, 0.5) is 11.4 Å². The Morgan fingerprint density at radius 2 is 1.83 bits per heavy atom. The molecule has 35 heavy (non-hydrogen) atoms. The number of amides is 1. The van der Waals surface area contributed by atoms with E-state index in [-0.39, 0.29) is 12.2 Å². The van der Waals surface area contributed by atoms with Crippen molar-refractivity contribution >= 4 is 33.0 Å². The number of fused-ring (bicyclic) bond motifs is 2. The summed E-state index contributed by atoms with van der Waals surface area (Å²) in [4.78, 5) is 16.7. The summed E-state index contributed by atoms with van der Waals surface area (Å²) in [6.07, 6.45) is 3.63. The van der Waals surface area contributed by atoms with Crippen molar-refractivity contribution in [3.8, 4) is 11.3 Å². The van der Waals surface area contributed by atoms with Crippen molar-refractivity contribution < 1.29 is 19.4 Å². The van der Waals surface area contributed by atoms with Crippen LogP contribution < -0.4 is 10.6 Å². The molecule has 4 heterocycles. The van der Waals surface area contributed by atoms with E-state index in [0.29, 0.717) is 38.4 Å². The lowest BCUT2D eigenvalue weighted by molar-refractivity contribution is 0.0730. The molecule has 10 heteroatoms. The number of rotatable bonds is 5. The predicted molar refractivity (Wildman–Crippen MR) is 133 cm³/mol. The number of anilines is 2. The third-order valence-corrected chi connectivity index (χ3v) is 8.29. The van der Waals surface area contributed by atoms with E-state index in [0.717, 1.165) is 33.8 Å². The Hall–Kier alpha value is -3.73. The highest BCUT2D eigenvalue weighted by Gasteiger charge is 2.26. The van der Waals surface area contributed by atoms with Gasteiger partial charge in [0.2, 0.25) is 10.0 Å². The van der Waals surface area contributed by atoms with Crippen LogP contribution in [0.5, 0.6) is 0 Å². The monoisotopic (exact) mass is 491 g/mol. The van der Waals surface area contributed by atoms with Crippen molar-refractivity contribution in [2.45, 2.75) is 11.4 Å². The quantitative estimate of drug-likeness (QED) is 0.444. The Kier molecular flexibility index (Phi) is 5.28. The van der Waals surface area contributed by atoms with Crippen LogP contribution in [-0.2, 0) is 21.3 Å². The third-order valence-electron chi connectivity index (χ3n) is 6.38. The fourth-order valence-electron chi connectivity index (χ4n) is 4.54. The standard InChI is InChI=1S/C25H23N5O4S.H2/c31-25-21-6-1-17(15-18(21)16-27-25)23-8-7-22(24-26-9-10-30(23)24)28-19-2-4-20(5-3-19)35(32,33)29-11-13-34-14-12-29;/h1-10,15,28H,11-14,16H2,(H,27,31);1H. The van der Waals surface area contributed by atoms with Gasteiger partial charge in [-0.05, 0) is 59.7 Å². The molecule has 0 spiro atoms. The summed E-state index contributed by atoms with van der Waals surface area (Å²) >= 11 is 0. The molecule has 1 amide bonds. The minimum atomic E-state index is -3.54. The maximum atomic E-state index is 12.9. The van der Waals surface area contributed by atoms with E-state index in [1.165, 1.54) is 4.31 Å². The van der Waals surface area contributed by atoms with Gasteiger partial charge in [-0.1, -0.05) is 6.07 Å². The van der Waals surface area contributed by atoms with Crippen molar-refractivity contribution in [3.63, 3.8) is 0 Å². The van der Waals surface area contributed by atoms with Crippen LogP contribution in [0, 0.1) is 0 Å². The number of carbonyl (C=O) groups is 1. The van der Waals surface area contributed by atoms with Gasteiger partial charge in [0.25, 0.3) is 5.91 Å². The first-order valence-corrected chi connectivity index (χ1v) is 12.8. The van der Waals surface area contributed by atoms with Crippen LogP contribution in [0.3, 0.4) is 0 Å². The Morgan fingerprint density at radius 1 is 1.03 bits per heavy atom. The molecule has 180 valence electrons. The first-order chi connectivity index (χ1) is 17.0. The Balaban J connectivity index is 0.00000267. The number of nitrogens with one attached hydrogen (secondary N) is 2. The molecule has 2 aromatic heterocycles. The van der Waals surface area contributed by atoms with Crippen molar-refractivity contribution in [1.29, 1.82) is 0 Å². The molecule has 2 N–H and O–H groups in total. The summed E-state index contributed by atoms with van der Waals surface area (Å²) < 4.78 is 34.5. The topological polar surface area (TPSA) is 105 Å². The molecular weight excluding hydrogens is 466 g/mol. The maximum absolute atomic E-state index is 12.9. The fraction of sp³-hybridized carbons (Fsp3) is 0.200. The molecular formula is C25H25N5O4S. The Morgan fingerprint density at radius 3 is 2.63 bits per heavy atom. The zero-order valence-corrected chi connectivity index (χ0v) is 19.6. The zero-order chi connectivity index (χ0) is 24.0. The average Bonchev–Trinajstić information content (AvgIpc) is 3.52. The number of aromatic nitrogens is 2. The highest BCUT2D eigenvalue weighted by molar-refractivity contribution is 7.89. The largest absolute Gasteiger partial charge is 0.379 e. The number of benzene rings is 2. The Bertz CT molecular complexity index is 1550. The van der Waals surface area contributed by atoms with Gasteiger partial charge < -0.3 is 15.4 Å². The summed E-state index contributed by atoms with van der Waals surface area (Å²) in [5.41, 5.74) is 5.93. The minimum Gasteiger partial charge on any atom is -0.379 e. The van der Waals surface area contributed by atoms with Crippen LogP contribution >= 0.6 is 0 Å². The molecule has 4 aromatic rings. The maximum Gasteiger partial charge on any atom is 0.251 e. The lowest BCUT2D eigenvalue weighted by Crippen LogP contribution is -2.40. The summed E-state index contributed by atoms with van der Waals surface area (Å²) in [5.74, 6) is -0.0392. The highest BCUT2D eigenvalue weighted by atomic mass is 32.2. The van der Waals surface area contributed by atoms with Crippen LogP contribution in [0.15, 0.2) is 71.9 Å². The summed E-state index contributed by atoms with van der Waals surface area (Å²) in [7, 11) is -3.54. The van der Waals surface area contributed by atoms with Crippen LogP contribution in [0.1, 0.15) is 17.3 Å². The minimum absolute atomic E-state index is 0. The van der Waals surface area contributed by atoms with Gasteiger partial charge in [0.05, 0.1) is 29.5 Å². The molecule has 0 saturated carbocycles. The third kappa shape index (κ3) is 3.85.